The van der Waals surface area contributed by atoms with Crippen molar-refractivity contribution in [3.8, 4) is 11.1 Å². The maximum absolute atomic E-state index is 12.8. The lowest BCUT2D eigenvalue weighted by Gasteiger charge is -2.10. The summed E-state index contributed by atoms with van der Waals surface area (Å²) in [7, 11) is 0. The number of benzene rings is 2. The average Bonchev–Trinajstić information content (AvgIpc) is 3.73. The molecule has 0 aliphatic carbocycles. The number of carbonyl (C=O) groups excluding carboxylic acids is 1. The maximum atomic E-state index is 12.8. The van der Waals surface area contributed by atoms with Crippen LogP contribution in [-0.4, -0.2) is 32.2 Å². The number of H-pyrrole nitrogens is 2. The van der Waals surface area contributed by atoms with Gasteiger partial charge in [0.2, 0.25) is 17.3 Å². The zero-order chi connectivity index (χ0) is 30.2. The van der Waals surface area contributed by atoms with Gasteiger partial charge in [0.15, 0.2) is 5.76 Å². The number of halogens is 6. The molecule has 15 heteroatoms. The molecule has 0 saturated heterocycles. The van der Waals surface area contributed by atoms with E-state index in [0.717, 1.165) is 40.2 Å². The van der Waals surface area contributed by atoms with E-state index in [9.17, 15) is 35.9 Å². The van der Waals surface area contributed by atoms with Crippen molar-refractivity contribution in [2.45, 2.75) is 12.4 Å². The van der Waals surface area contributed by atoms with Crippen molar-refractivity contribution < 1.29 is 49.9 Å². The summed E-state index contributed by atoms with van der Waals surface area (Å²) in [4.78, 5) is 25.8. The SMILES string of the molecule is O=C(Nc1cc(-c2cccc3[nH]ccc23)cc2[nH]ncc12)c1ccc(C(F)(F)F)o1.O=C(O)c1ccc(C(F)(F)F)o1. The van der Waals surface area contributed by atoms with Crippen molar-refractivity contribution in [1.82, 2.24) is 15.2 Å². The molecule has 9 nitrogen and oxygen atoms in total. The third kappa shape index (κ3) is 5.70. The predicted octanol–water partition coefficient (Wildman–Crippen LogP) is 7.57. The van der Waals surface area contributed by atoms with E-state index in [2.05, 4.69) is 29.3 Å². The topological polar surface area (TPSA) is 137 Å². The van der Waals surface area contributed by atoms with Gasteiger partial charge in [-0.2, -0.15) is 31.4 Å². The monoisotopic (exact) mass is 590 g/mol. The minimum atomic E-state index is -4.66. The van der Waals surface area contributed by atoms with E-state index < -0.39 is 47.3 Å². The van der Waals surface area contributed by atoms with Crippen molar-refractivity contribution >= 4 is 39.4 Å². The number of carboxylic acid groups (broad SMARTS) is 1. The molecule has 0 bridgehead atoms. The molecule has 4 N–H and O–H groups in total. The lowest BCUT2D eigenvalue weighted by molar-refractivity contribution is -0.153. The highest BCUT2D eigenvalue weighted by Gasteiger charge is 2.36. The smallest absolute Gasteiger partial charge is 0.449 e. The largest absolute Gasteiger partial charge is 0.475 e. The molecule has 0 aliphatic rings. The van der Waals surface area contributed by atoms with Crippen LogP contribution < -0.4 is 5.32 Å². The fourth-order valence-electron chi connectivity index (χ4n) is 4.05. The number of rotatable bonds is 4. The van der Waals surface area contributed by atoms with E-state index in [1.54, 1.807) is 6.07 Å². The molecule has 6 aromatic rings. The molecule has 6 rings (SSSR count). The summed E-state index contributed by atoms with van der Waals surface area (Å²) in [5.41, 5.74) is 3.77. The molecule has 0 saturated carbocycles. The zero-order valence-corrected chi connectivity index (χ0v) is 20.7. The summed E-state index contributed by atoms with van der Waals surface area (Å²) in [6, 6.07) is 14.5. The first-order chi connectivity index (χ1) is 19.8. The number of carbonyl (C=O) groups is 2. The summed E-state index contributed by atoms with van der Waals surface area (Å²) in [6.45, 7) is 0. The fourth-order valence-corrected chi connectivity index (χ4v) is 4.05. The fraction of sp³-hybridized carbons (Fsp3) is 0.0741. The van der Waals surface area contributed by atoms with Crippen molar-refractivity contribution in [3.05, 3.63) is 96.1 Å². The molecule has 0 radical (unpaired) electrons. The number of furan rings is 2. The van der Waals surface area contributed by atoms with Gasteiger partial charge in [0, 0.05) is 22.5 Å². The lowest BCUT2D eigenvalue weighted by Crippen LogP contribution is -2.11. The normalized spacial score (nSPS) is 11.9. The van der Waals surface area contributed by atoms with Crippen LogP contribution in [0.5, 0.6) is 0 Å². The van der Waals surface area contributed by atoms with Crippen molar-refractivity contribution in [3.63, 3.8) is 0 Å². The van der Waals surface area contributed by atoms with Gasteiger partial charge in [-0.3, -0.25) is 9.89 Å². The van der Waals surface area contributed by atoms with Crippen molar-refractivity contribution in [2.24, 2.45) is 0 Å². The van der Waals surface area contributed by atoms with Gasteiger partial charge < -0.3 is 24.2 Å². The molecule has 0 spiro atoms. The van der Waals surface area contributed by atoms with Crippen molar-refractivity contribution in [2.75, 3.05) is 5.32 Å². The first-order valence-corrected chi connectivity index (χ1v) is 11.7. The number of aromatic amines is 2. The minimum Gasteiger partial charge on any atom is -0.475 e. The molecular formula is C27H16F6N4O5. The van der Waals surface area contributed by atoms with Gasteiger partial charge in [0.1, 0.15) is 0 Å². The second-order valence-electron chi connectivity index (χ2n) is 8.68. The Kier molecular flexibility index (Phi) is 7.02. The molecule has 1 amide bonds. The number of nitrogens with one attached hydrogen (secondary N) is 3. The number of hydrogen-bond acceptors (Lipinski definition) is 5. The molecule has 2 aromatic carbocycles. The average molecular weight is 590 g/mol. The molecule has 4 heterocycles. The standard InChI is InChI=1S/C21H13F3N4O2.C6H3F3O3/c22-21(23,24)19-5-4-18(30-19)20(29)27-16-8-11(9-17-14(16)10-26-28-17)12-2-1-3-15-13(12)6-7-25-15;7-6(8,9)4-2-1-3(12-4)5(10)11/h1-10,25H,(H,26,28)(H,27,29);1-2H,(H,10,11). The molecule has 4 aromatic heterocycles. The predicted molar refractivity (Wildman–Crippen MR) is 136 cm³/mol. The van der Waals surface area contributed by atoms with E-state index in [0.29, 0.717) is 22.7 Å². The van der Waals surface area contributed by atoms with Crippen LogP contribution in [0.2, 0.25) is 0 Å². The number of amides is 1. The van der Waals surface area contributed by atoms with E-state index in [1.807, 2.05) is 36.5 Å². The lowest BCUT2D eigenvalue weighted by atomic mass is 9.99. The van der Waals surface area contributed by atoms with Crippen LogP contribution in [0.25, 0.3) is 32.9 Å². The van der Waals surface area contributed by atoms with Gasteiger partial charge in [0.05, 0.1) is 17.4 Å². The first-order valence-electron chi connectivity index (χ1n) is 11.7. The van der Waals surface area contributed by atoms with Gasteiger partial charge in [-0.15, -0.1) is 0 Å². The Labute approximate surface area is 229 Å². The molecule has 0 unspecified atom stereocenters. The summed E-state index contributed by atoms with van der Waals surface area (Å²) in [6.07, 6.45) is -5.92. The highest BCUT2D eigenvalue weighted by molar-refractivity contribution is 6.09. The number of alkyl halides is 6. The third-order valence-electron chi connectivity index (χ3n) is 5.92. The van der Waals surface area contributed by atoms with Crippen LogP contribution in [0.4, 0.5) is 32.0 Å². The van der Waals surface area contributed by atoms with Crippen LogP contribution >= 0.6 is 0 Å². The Balaban J connectivity index is 0.000000248. The molecular weight excluding hydrogens is 574 g/mol. The first kappa shape index (κ1) is 28.1. The second kappa shape index (κ2) is 10.5. The van der Waals surface area contributed by atoms with Crippen molar-refractivity contribution in [1.29, 1.82) is 0 Å². The molecule has 216 valence electrons. The number of aromatic nitrogens is 3. The van der Waals surface area contributed by atoms with Gasteiger partial charge >= 0.3 is 18.3 Å². The highest BCUT2D eigenvalue weighted by atomic mass is 19.4. The van der Waals surface area contributed by atoms with E-state index in [4.69, 9.17) is 5.11 Å². The second-order valence-corrected chi connectivity index (χ2v) is 8.68. The number of aromatic carboxylic acids is 1. The molecule has 42 heavy (non-hydrogen) atoms. The summed E-state index contributed by atoms with van der Waals surface area (Å²) in [5, 5.41) is 19.3. The quantitative estimate of drug-likeness (QED) is 0.156. The van der Waals surface area contributed by atoms with Gasteiger partial charge in [-0.1, -0.05) is 12.1 Å². The van der Waals surface area contributed by atoms with Gasteiger partial charge in [0.25, 0.3) is 5.91 Å². The number of anilines is 1. The van der Waals surface area contributed by atoms with Crippen LogP contribution in [0.1, 0.15) is 32.6 Å². The maximum Gasteiger partial charge on any atom is 0.449 e. The molecule has 0 aliphatic heterocycles. The Hall–Kier alpha value is -5.47. The Morgan fingerprint density at radius 2 is 1.48 bits per heavy atom. The van der Waals surface area contributed by atoms with Crippen LogP contribution in [0.15, 0.2) is 81.9 Å². The van der Waals surface area contributed by atoms with E-state index >= 15 is 0 Å². The molecule has 0 atom stereocenters. The zero-order valence-electron chi connectivity index (χ0n) is 20.7. The van der Waals surface area contributed by atoms with Crippen LogP contribution in [0, 0.1) is 0 Å². The van der Waals surface area contributed by atoms with E-state index in [1.165, 1.54) is 6.20 Å². The number of carboxylic acids is 1. The number of nitrogens with zero attached hydrogens (tertiary/aromatic N) is 1. The summed E-state index contributed by atoms with van der Waals surface area (Å²) < 4.78 is 82.3. The summed E-state index contributed by atoms with van der Waals surface area (Å²) >= 11 is 0. The number of hydrogen-bond donors (Lipinski definition) is 4. The van der Waals surface area contributed by atoms with Gasteiger partial charge in [-0.05, 0) is 59.7 Å². The number of fused-ring (bicyclic) bond motifs is 2. The Morgan fingerprint density at radius 3 is 2.10 bits per heavy atom. The van der Waals surface area contributed by atoms with Crippen LogP contribution in [0.3, 0.4) is 0 Å². The highest BCUT2D eigenvalue weighted by Crippen LogP contribution is 2.35. The Bertz CT molecular complexity index is 1910. The Morgan fingerprint density at radius 1 is 0.810 bits per heavy atom. The van der Waals surface area contributed by atoms with Gasteiger partial charge in [-0.25, -0.2) is 4.79 Å². The summed E-state index contributed by atoms with van der Waals surface area (Å²) in [5.74, 6) is -6.00. The van der Waals surface area contributed by atoms with Crippen LogP contribution in [-0.2, 0) is 12.4 Å². The molecule has 0 fully saturated rings. The van der Waals surface area contributed by atoms with E-state index in [-0.39, 0.29) is 0 Å². The minimum absolute atomic E-state index is 0.402. The third-order valence-corrected chi connectivity index (χ3v) is 5.92.